The summed E-state index contributed by atoms with van der Waals surface area (Å²) in [6.45, 7) is 1.77. The molecule has 2 amide bonds. The number of rotatable bonds is 2. The average Bonchev–Trinajstić information content (AvgIpc) is 2.33. The first kappa shape index (κ1) is 11.0. The van der Waals surface area contributed by atoms with Crippen LogP contribution in [0.3, 0.4) is 0 Å². The van der Waals surface area contributed by atoms with Crippen LogP contribution in [0.2, 0.25) is 0 Å². The zero-order valence-corrected chi connectivity index (χ0v) is 9.21. The van der Waals surface area contributed by atoms with E-state index in [1.165, 1.54) is 6.20 Å². The van der Waals surface area contributed by atoms with Crippen molar-refractivity contribution < 1.29 is 4.79 Å². The molecule has 0 aliphatic carbocycles. The van der Waals surface area contributed by atoms with Crippen molar-refractivity contribution in [3.8, 4) is 0 Å². The monoisotopic (exact) mass is 229 g/mol. The highest BCUT2D eigenvalue weighted by Gasteiger charge is 2.06. The van der Waals surface area contributed by atoms with Gasteiger partial charge in [0.1, 0.15) is 5.82 Å². The van der Waals surface area contributed by atoms with Crippen LogP contribution < -0.4 is 10.6 Å². The van der Waals surface area contributed by atoms with E-state index in [-0.39, 0.29) is 0 Å². The summed E-state index contributed by atoms with van der Waals surface area (Å²) in [5.74, 6) is 0.910. The Hall–Kier alpha value is -2.50. The third-order valence-corrected chi connectivity index (χ3v) is 2.02. The van der Waals surface area contributed by atoms with Crippen molar-refractivity contribution in [2.75, 3.05) is 10.6 Å². The number of hydrogen-bond acceptors (Lipinski definition) is 4. The third-order valence-electron chi connectivity index (χ3n) is 2.02. The van der Waals surface area contributed by atoms with Crippen LogP contribution in [0.5, 0.6) is 0 Å². The fourth-order valence-electron chi connectivity index (χ4n) is 1.22. The Balaban J connectivity index is 2.01. The highest BCUT2D eigenvalue weighted by atomic mass is 16.2. The van der Waals surface area contributed by atoms with Crippen LogP contribution in [0.25, 0.3) is 0 Å². The lowest BCUT2D eigenvalue weighted by atomic mass is 10.4. The average molecular weight is 229 g/mol. The van der Waals surface area contributed by atoms with E-state index in [4.69, 9.17) is 0 Å². The van der Waals surface area contributed by atoms with E-state index < -0.39 is 6.03 Å². The van der Waals surface area contributed by atoms with E-state index in [1.807, 2.05) is 0 Å². The quantitative estimate of drug-likeness (QED) is 0.823. The summed E-state index contributed by atoms with van der Waals surface area (Å²) < 4.78 is 0. The molecule has 17 heavy (non-hydrogen) atoms. The van der Waals surface area contributed by atoms with Crippen molar-refractivity contribution in [2.24, 2.45) is 0 Å². The fraction of sp³-hybridized carbons (Fsp3) is 0.0909. The van der Waals surface area contributed by atoms with Crippen LogP contribution in [0.1, 0.15) is 5.69 Å². The van der Waals surface area contributed by atoms with E-state index in [9.17, 15) is 4.79 Å². The number of carbonyl (C=O) groups excluding carboxylic acids is 1. The number of pyridine rings is 1. The van der Waals surface area contributed by atoms with Gasteiger partial charge in [-0.2, -0.15) is 0 Å². The van der Waals surface area contributed by atoms with Gasteiger partial charge in [0, 0.05) is 18.6 Å². The first-order chi connectivity index (χ1) is 8.25. The molecule has 6 heteroatoms. The van der Waals surface area contributed by atoms with Crippen LogP contribution in [0, 0.1) is 6.92 Å². The van der Waals surface area contributed by atoms with Crippen LogP contribution in [-0.2, 0) is 0 Å². The summed E-state index contributed by atoms with van der Waals surface area (Å²) in [6, 6.07) is 4.86. The van der Waals surface area contributed by atoms with Gasteiger partial charge >= 0.3 is 6.03 Å². The van der Waals surface area contributed by atoms with Crippen molar-refractivity contribution in [1.82, 2.24) is 15.0 Å². The number of nitrogens with one attached hydrogen (secondary N) is 2. The molecule has 86 valence electrons. The second kappa shape index (κ2) is 5.02. The Morgan fingerprint density at radius 2 is 1.88 bits per heavy atom. The molecule has 0 spiro atoms. The number of carbonyl (C=O) groups is 1. The fourth-order valence-corrected chi connectivity index (χ4v) is 1.22. The largest absolute Gasteiger partial charge is 0.326 e. The van der Waals surface area contributed by atoms with E-state index in [2.05, 4.69) is 25.6 Å². The van der Waals surface area contributed by atoms with Crippen LogP contribution in [-0.4, -0.2) is 21.0 Å². The third kappa shape index (κ3) is 2.97. The second-order valence-electron chi connectivity index (χ2n) is 3.28. The summed E-state index contributed by atoms with van der Waals surface area (Å²) in [6.07, 6.45) is 4.68. The minimum atomic E-state index is -0.396. The molecule has 0 unspecified atom stereocenters. The van der Waals surface area contributed by atoms with Gasteiger partial charge in [0.25, 0.3) is 0 Å². The Morgan fingerprint density at radius 1 is 1.06 bits per heavy atom. The minimum Gasteiger partial charge on any atom is -0.292 e. The molecule has 0 radical (unpaired) electrons. The maximum absolute atomic E-state index is 11.6. The molecule has 0 atom stereocenters. The van der Waals surface area contributed by atoms with Gasteiger partial charge in [0.2, 0.25) is 0 Å². The maximum Gasteiger partial charge on any atom is 0.326 e. The summed E-state index contributed by atoms with van der Waals surface area (Å²) >= 11 is 0. The van der Waals surface area contributed by atoms with E-state index in [0.29, 0.717) is 17.3 Å². The molecule has 2 N–H and O–H groups in total. The number of anilines is 2. The van der Waals surface area contributed by atoms with Crippen molar-refractivity contribution in [1.29, 1.82) is 0 Å². The zero-order valence-electron chi connectivity index (χ0n) is 9.21. The number of urea groups is 1. The highest BCUT2D eigenvalue weighted by Crippen LogP contribution is 2.07. The highest BCUT2D eigenvalue weighted by molar-refractivity contribution is 5.98. The standard InChI is InChI=1S/C11H11N5O/c1-8-10(14-7-6-12-8)16-11(17)15-9-4-2-3-5-13-9/h2-7H,1H3,(H2,13,14,15,16,17). The molecule has 0 saturated heterocycles. The summed E-state index contributed by atoms with van der Waals surface area (Å²) in [5, 5.41) is 5.18. The van der Waals surface area contributed by atoms with Crippen LogP contribution in [0.15, 0.2) is 36.8 Å². The SMILES string of the molecule is Cc1nccnc1NC(=O)Nc1ccccn1. The maximum atomic E-state index is 11.6. The lowest BCUT2D eigenvalue weighted by Crippen LogP contribution is -2.21. The lowest BCUT2D eigenvalue weighted by molar-refractivity contribution is 0.262. The second-order valence-corrected chi connectivity index (χ2v) is 3.28. The molecular formula is C11H11N5O. The first-order valence-corrected chi connectivity index (χ1v) is 5.02. The summed E-state index contributed by atoms with van der Waals surface area (Å²) in [4.78, 5) is 23.6. The molecule has 0 bridgehead atoms. The normalized spacial score (nSPS) is 9.71. The Kier molecular flexibility index (Phi) is 3.25. The van der Waals surface area contributed by atoms with E-state index in [1.54, 1.807) is 37.5 Å². The lowest BCUT2D eigenvalue weighted by Gasteiger charge is -2.07. The van der Waals surface area contributed by atoms with Gasteiger partial charge < -0.3 is 0 Å². The number of aryl methyl sites for hydroxylation is 1. The molecule has 2 heterocycles. The Bertz CT molecular complexity index is 514. The van der Waals surface area contributed by atoms with Gasteiger partial charge in [-0.15, -0.1) is 0 Å². The summed E-state index contributed by atoms with van der Waals surface area (Å²) in [5.41, 5.74) is 0.656. The van der Waals surface area contributed by atoms with Gasteiger partial charge in [-0.05, 0) is 19.1 Å². The van der Waals surface area contributed by atoms with Gasteiger partial charge in [-0.3, -0.25) is 15.6 Å². The molecule has 2 aromatic heterocycles. The zero-order chi connectivity index (χ0) is 12.1. The Morgan fingerprint density at radius 3 is 2.59 bits per heavy atom. The molecular weight excluding hydrogens is 218 g/mol. The van der Waals surface area contributed by atoms with E-state index in [0.717, 1.165) is 0 Å². The van der Waals surface area contributed by atoms with Crippen molar-refractivity contribution in [3.63, 3.8) is 0 Å². The molecule has 0 aromatic carbocycles. The molecule has 6 nitrogen and oxygen atoms in total. The van der Waals surface area contributed by atoms with Gasteiger partial charge in [0.15, 0.2) is 5.82 Å². The predicted octanol–water partition coefficient (Wildman–Crippen LogP) is 1.82. The minimum absolute atomic E-state index is 0.396. The predicted molar refractivity (Wildman–Crippen MR) is 63.6 cm³/mol. The van der Waals surface area contributed by atoms with E-state index >= 15 is 0 Å². The molecule has 0 aliphatic heterocycles. The molecule has 0 fully saturated rings. The Labute approximate surface area is 98.1 Å². The smallest absolute Gasteiger partial charge is 0.292 e. The molecule has 0 aliphatic rings. The van der Waals surface area contributed by atoms with Gasteiger partial charge in [-0.25, -0.2) is 14.8 Å². The van der Waals surface area contributed by atoms with Crippen molar-refractivity contribution in [2.45, 2.75) is 6.92 Å². The summed E-state index contributed by atoms with van der Waals surface area (Å²) in [7, 11) is 0. The topological polar surface area (TPSA) is 79.8 Å². The number of nitrogens with zero attached hydrogens (tertiary/aromatic N) is 3. The first-order valence-electron chi connectivity index (χ1n) is 5.02. The molecule has 2 rings (SSSR count). The molecule has 2 aromatic rings. The number of amides is 2. The van der Waals surface area contributed by atoms with Gasteiger partial charge in [0.05, 0.1) is 5.69 Å². The molecule has 0 saturated carbocycles. The van der Waals surface area contributed by atoms with Crippen molar-refractivity contribution >= 4 is 17.7 Å². The van der Waals surface area contributed by atoms with Gasteiger partial charge in [-0.1, -0.05) is 6.07 Å². The van der Waals surface area contributed by atoms with Crippen LogP contribution >= 0.6 is 0 Å². The van der Waals surface area contributed by atoms with Crippen molar-refractivity contribution in [3.05, 3.63) is 42.5 Å². The number of hydrogen-bond donors (Lipinski definition) is 2. The van der Waals surface area contributed by atoms with Crippen LogP contribution in [0.4, 0.5) is 16.4 Å². The number of aromatic nitrogens is 3.